The smallest absolute Gasteiger partial charge is 0.372 e. The largest absolute Gasteiger partial charge is 0.475 e. The fraction of sp³-hybridized carbons (Fsp3) is 0.0833. The van der Waals surface area contributed by atoms with Crippen LogP contribution in [0.4, 0.5) is 14.5 Å². The summed E-state index contributed by atoms with van der Waals surface area (Å²) in [5, 5.41) is 11.5. The lowest BCUT2D eigenvalue weighted by Gasteiger charge is -2.09. The summed E-state index contributed by atoms with van der Waals surface area (Å²) >= 11 is 3.03. The number of hydrogen-bond acceptors (Lipinski definition) is 3. The fourth-order valence-corrected chi connectivity index (χ4v) is 2.11. The first-order chi connectivity index (χ1) is 8.99. The molecule has 0 amide bonds. The number of carbonyl (C=O) groups is 1. The molecule has 0 radical (unpaired) electrons. The Labute approximate surface area is 115 Å². The molecule has 4 nitrogen and oxygen atoms in total. The second-order valence-electron chi connectivity index (χ2n) is 3.68. The van der Waals surface area contributed by atoms with Gasteiger partial charge in [-0.2, -0.15) is 0 Å². The van der Waals surface area contributed by atoms with Gasteiger partial charge in [0.25, 0.3) is 0 Å². The van der Waals surface area contributed by atoms with Crippen LogP contribution in [0.3, 0.4) is 0 Å². The zero-order valence-corrected chi connectivity index (χ0v) is 11.0. The first-order valence-electron chi connectivity index (χ1n) is 5.17. The van der Waals surface area contributed by atoms with Gasteiger partial charge >= 0.3 is 5.97 Å². The lowest BCUT2D eigenvalue weighted by Crippen LogP contribution is -2.06. The Morgan fingerprint density at radius 3 is 2.79 bits per heavy atom. The third-order valence-electron chi connectivity index (χ3n) is 2.40. The van der Waals surface area contributed by atoms with Crippen LogP contribution in [0, 0.1) is 11.6 Å². The summed E-state index contributed by atoms with van der Waals surface area (Å²) < 4.78 is 31.4. The second kappa shape index (κ2) is 5.40. The van der Waals surface area contributed by atoms with Gasteiger partial charge in [0.2, 0.25) is 5.76 Å². The topological polar surface area (TPSA) is 62.5 Å². The summed E-state index contributed by atoms with van der Waals surface area (Å²) in [5.41, 5.74) is 0.419. The molecule has 7 heteroatoms. The molecular formula is C12H8BrF2NO3. The highest BCUT2D eigenvalue weighted by Crippen LogP contribution is 2.27. The highest BCUT2D eigenvalue weighted by molar-refractivity contribution is 9.10. The van der Waals surface area contributed by atoms with E-state index in [1.807, 2.05) is 0 Å². The third kappa shape index (κ3) is 2.93. The molecule has 2 N–H and O–H groups in total. The predicted molar refractivity (Wildman–Crippen MR) is 67.1 cm³/mol. The highest BCUT2D eigenvalue weighted by atomic mass is 79.9. The second-order valence-corrected chi connectivity index (χ2v) is 4.53. The molecule has 1 aromatic carbocycles. The van der Waals surface area contributed by atoms with Gasteiger partial charge in [-0.3, -0.25) is 0 Å². The van der Waals surface area contributed by atoms with E-state index in [-0.39, 0.29) is 22.5 Å². The van der Waals surface area contributed by atoms with E-state index < -0.39 is 17.6 Å². The van der Waals surface area contributed by atoms with Crippen LogP contribution in [-0.2, 0) is 6.54 Å². The van der Waals surface area contributed by atoms with Gasteiger partial charge in [0.05, 0.1) is 12.0 Å². The first-order valence-corrected chi connectivity index (χ1v) is 5.96. The van der Waals surface area contributed by atoms with Gasteiger partial charge in [0.1, 0.15) is 11.6 Å². The molecule has 2 rings (SSSR count). The van der Waals surface area contributed by atoms with Gasteiger partial charge in [0, 0.05) is 22.6 Å². The molecule has 0 unspecified atom stereocenters. The summed E-state index contributed by atoms with van der Waals surface area (Å²) in [7, 11) is 0. The number of furan rings is 1. The molecule has 0 saturated heterocycles. The summed E-state index contributed by atoms with van der Waals surface area (Å²) in [6.07, 6.45) is 1.23. The first kappa shape index (κ1) is 13.5. The zero-order chi connectivity index (χ0) is 14.0. The van der Waals surface area contributed by atoms with E-state index in [0.717, 1.165) is 12.1 Å². The van der Waals surface area contributed by atoms with Crippen molar-refractivity contribution in [2.45, 2.75) is 6.54 Å². The summed E-state index contributed by atoms with van der Waals surface area (Å²) in [6, 6.07) is 3.31. The van der Waals surface area contributed by atoms with E-state index in [2.05, 4.69) is 21.2 Å². The minimum Gasteiger partial charge on any atom is -0.475 e. The van der Waals surface area contributed by atoms with E-state index in [1.54, 1.807) is 0 Å². The molecule has 0 spiro atoms. The number of benzene rings is 1. The number of anilines is 1. The average molecular weight is 332 g/mol. The van der Waals surface area contributed by atoms with Gasteiger partial charge < -0.3 is 14.8 Å². The van der Waals surface area contributed by atoms with Gasteiger partial charge in [-0.25, -0.2) is 13.6 Å². The molecular weight excluding hydrogens is 324 g/mol. The van der Waals surface area contributed by atoms with Crippen molar-refractivity contribution >= 4 is 27.6 Å². The molecule has 0 saturated carbocycles. The monoisotopic (exact) mass is 331 g/mol. The SMILES string of the molecule is O=C(O)c1occc1CNc1c(F)cc(F)cc1Br. The maximum Gasteiger partial charge on any atom is 0.372 e. The van der Waals surface area contributed by atoms with Crippen molar-refractivity contribution in [3.63, 3.8) is 0 Å². The van der Waals surface area contributed by atoms with Crippen LogP contribution in [-0.4, -0.2) is 11.1 Å². The number of nitrogens with one attached hydrogen (secondary N) is 1. The molecule has 2 aromatic rings. The van der Waals surface area contributed by atoms with Gasteiger partial charge in [-0.1, -0.05) is 0 Å². The van der Waals surface area contributed by atoms with Crippen molar-refractivity contribution < 1.29 is 23.1 Å². The number of carboxylic acids is 1. The van der Waals surface area contributed by atoms with Crippen LogP contribution in [0.1, 0.15) is 16.1 Å². The Hall–Kier alpha value is -1.89. The molecule has 100 valence electrons. The summed E-state index contributed by atoms with van der Waals surface area (Å²) in [5.74, 6) is -2.90. The lowest BCUT2D eigenvalue weighted by molar-refractivity contribution is 0.0661. The van der Waals surface area contributed by atoms with Crippen LogP contribution >= 0.6 is 15.9 Å². The Bertz CT molecular complexity index is 604. The molecule has 0 bridgehead atoms. The van der Waals surface area contributed by atoms with Crippen LogP contribution in [0.2, 0.25) is 0 Å². The molecule has 0 aliphatic carbocycles. The normalized spacial score (nSPS) is 10.5. The molecule has 0 aliphatic rings. The Balaban J connectivity index is 2.19. The molecule has 0 aliphatic heterocycles. The van der Waals surface area contributed by atoms with E-state index in [0.29, 0.717) is 5.56 Å². The van der Waals surface area contributed by atoms with E-state index in [9.17, 15) is 13.6 Å². The number of carboxylic acid groups (broad SMARTS) is 1. The molecule has 0 fully saturated rings. The van der Waals surface area contributed by atoms with Crippen LogP contribution in [0.5, 0.6) is 0 Å². The standard InChI is InChI=1S/C12H8BrF2NO3/c13-8-3-7(14)4-9(15)10(8)16-5-6-1-2-19-11(6)12(17)18/h1-4,16H,5H2,(H,17,18). The Morgan fingerprint density at radius 2 is 2.16 bits per heavy atom. The van der Waals surface area contributed by atoms with E-state index in [1.165, 1.54) is 12.3 Å². The number of hydrogen-bond donors (Lipinski definition) is 2. The van der Waals surface area contributed by atoms with Crippen LogP contribution in [0.25, 0.3) is 0 Å². The van der Waals surface area contributed by atoms with Gasteiger partial charge in [-0.15, -0.1) is 0 Å². The molecule has 0 atom stereocenters. The minimum atomic E-state index is -1.21. The fourth-order valence-electron chi connectivity index (χ4n) is 1.56. The van der Waals surface area contributed by atoms with Crippen molar-refractivity contribution in [2.75, 3.05) is 5.32 Å². The van der Waals surface area contributed by atoms with Crippen LogP contribution < -0.4 is 5.32 Å². The Kier molecular flexibility index (Phi) is 3.84. The zero-order valence-electron chi connectivity index (χ0n) is 9.41. The highest BCUT2D eigenvalue weighted by Gasteiger charge is 2.15. The van der Waals surface area contributed by atoms with Crippen molar-refractivity contribution in [3.8, 4) is 0 Å². The van der Waals surface area contributed by atoms with Crippen molar-refractivity contribution in [2.24, 2.45) is 0 Å². The Morgan fingerprint density at radius 1 is 1.42 bits per heavy atom. The number of halogens is 3. The minimum absolute atomic E-state index is 0.0410. The molecule has 1 aromatic heterocycles. The van der Waals surface area contributed by atoms with Crippen molar-refractivity contribution in [1.29, 1.82) is 0 Å². The predicted octanol–water partition coefficient (Wildman–Crippen LogP) is 3.63. The van der Waals surface area contributed by atoms with Crippen molar-refractivity contribution in [3.05, 3.63) is 51.9 Å². The van der Waals surface area contributed by atoms with Gasteiger partial charge in [-0.05, 0) is 28.1 Å². The van der Waals surface area contributed by atoms with E-state index >= 15 is 0 Å². The molecule has 19 heavy (non-hydrogen) atoms. The number of aromatic carboxylic acids is 1. The van der Waals surface area contributed by atoms with Gasteiger partial charge in [0.15, 0.2) is 0 Å². The lowest BCUT2D eigenvalue weighted by atomic mass is 10.2. The quantitative estimate of drug-likeness (QED) is 0.898. The average Bonchev–Trinajstić information content (AvgIpc) is 2.75. The third-order valence-corrected chi connectivity index (χ3v) is 3.03. The summed E-state index contributed by atoms with van der Waals surface area (Å²) in [4.78, 5) is 10.8. The van der Waals surface area contributed by atoms with E-state index in [4.69, 9.17) is 9.52 Å². The van der Waals surface area contributed by atoms with Crippen molar-refractivity contribution in [1.82, 2.24) is 0 Å². The molecule has 1 heterocycles. The van der Waals surface area contributed by atoms with Crippen LogP contribution in [0.15, 0.2) is 33.4 Å². The number of rotatable bonds is 4. The summed E-state index contributed by atoms with van der Waals surface area (Å²) in [6.45, 7) is 0.0410. The maximum absolute atomic E-state index is 13.5. The maximum atomic E-state index is 13.5.